The summed E-state index contributed by atoms with van der Waals surface area (Å²) in [5, 5.41) is 11.9. The molecule has 4 heteroatoms. The lowest BCUT2D eigenvalue weighted by Gasteiger charge is -1.99. The van der Waals surface area contributed by atoms with E-state index in [0.717, 1.165) is 18.2 Å². The molecule has 1 aromatic heterocycles. The molecule has 0 spiro atoms. The van der Waals surface area contributed by atoms with Crippen molar-refractivity contribution in [1.82, 2.24) is 4.98 Å². The Morgan fingerprint density at radius 2 is 2.11 bits per heavy atom. The molecule has 0 unspecified atom stereocenters. The Morgan fingerprint density at radius 3 is 2.83 bits per heavy atom. The highest BCUT2D eigenvalue weighted by molar-refractivity contribution is 5.90. The molecule has 0 aliphatic rings. The van der Waals surface area contributed by atoms with Crippen LogP contribution >= 0.6 is 0 Å². The topological polar surface area (TPSA) is 58.9 Å². The van der Waals surface area contributed by atoms with E-state index in [0.29, 0.717) is 5.52 Å². The maximum atomic E-state index is 10.9. The van der Waals surface area contributed by atoms with Crippen LogP contribution in [0.3, 0.4) is 0 Å². The third-order valence-electron chi connectivity index (χ3n) is 3.28. The van der Waals surface area contributed by atoms with Gasteiger partial charge < -0.3 is 4.98 Å². The van der Waals surface area contributed by atoms with Crippen LogP contribution in [0.2, 0.25) is 0 Å². The van der Waals surface area contributed by atoms with Gasteiger partial charge in [0.2, 0.25) is 0 Å². The van der Waals surface area contributed by atoms with E-state index in [9.17, 15) is 10.1 Å². The smallest absolute Gasteiger partial charge is 0.293 e. The Kier molecular flexibility index (Phi) is 3.97. The number of nitrogens with zero attached hydrogens (tertiary/aromatic N) is 1. The summed E-state index contributed by atoms with van der Waals surface area (Å²) in [5.74, 6) is 0. The van der Waals surface area contributed by atoms with Crippen molar-refractivity contribution in [1.29, 1.82) is 0 Å². The van der Waals surface area contributed by atoms with Gasteiger partial charge in [-0.3, -0.25) is 10.1 Å². The number of aryl methyl sites for hydroxylation is 1. The van der Waals surface area contributed by atoms with E-state index in [1.807, 2.05) is 12.3 Å². The van der Waals surface area contributed by atoms with Crippen LogP contribution in [0.1, 0.15) is 38.2 Å². The predicted molar refractivity (Wildman–Crippen MR) is 72.8 cm³/mol. The fourth-order valence-corrected chi connectivity index (χ4v) is 2.30. The van der Waals surface area contributed by atoms with E-state index >= 15 is 0 Å². The van der Waals surface area contributed by atoms with Crippen LogP contribution < -0.4 is 0 Å². The second-order valence-corrected chi connectivity index (χ2v) is 4.58. The van der Waals surface area contributed by atoms with Gasteiger partial charge in [-0.05, 0) is 18.4 Å². The standard InChI is InChI=1S/C14H18N2O2/c1-2-3-4-5-7-11-10-15-14-12(11)8-6-9-13(14)16(17)18/h6,8-10,15H,2-5,7H2,1H3. The summed E-state index contributed by atoms with van der Waals surface area (Å²) in [6, 6.07) is 5.25. The number of aromatic amines is 1. The van der Waals surface area contributed by atoms with Crippen molar-refractivity contribution in [3.8, 4) is 0 Å². The van der Waals surface area contributed by atoms with Gasteiger partial charge in [0.1, 0.15) is 5.52 Å². The molecule has 96 valence electrons. The van der Waals surface area contributed by atoms with Crippen molar-refractivity contribution in [2.75, 3.05) is 0 Å². The molecule has 0 saturated heterocycles. The summed E-state index contributed by atoms with van der Waals surface area (Å²) in [6.07, 6.45) is 7.73. The van der Waals surface area contributed by atoms with Crippen LogP contribution in [0.15, 0.2) is 24.4 Å². The van der Waals surface area contributed by atoms with Gasteiger partial charge in [-0.2, -0.15) is 0 Å². The van der Waals surface area contributed by atoms with Crippen molar-refractivity contribution >= 4 is 16.6 Å². The van der Waals surface area contributed by atoms with Crippen molar-refractivity contribution in [2.45, 2.75) is 39.0 Å². The molecule has 0 fully saturated rings. The van der Waals surface area contributed by atoms with Crippen molar-refractivity contribution in [3.63, 3.8) is 0 Å². The van der Waals surface area contributed by atoms with E-state index in [-0.39, 0.29) is 10.6 Å². The zero-order valence-electron chi connectivity index (χ0n) is 10.6. The average Bonchev–Trinajstić information content (AvgIpc) is 2.77. The monoisotopic (exact) mass is 246 g/mol. The van der Waals surface area contributed by atoms with E-state index < -0.39 is 0 Å². The summed E-state index contributed by atoms with van der Waals surface area (Å²) >= 11 is 0. The Morgan fingerprint density at radius 1 is 1.28 bits per heavy atom. The summed E-state index contributed by atoms with van der Waals surface area (Å²) in [4.78, 5) is 13.6. The van der Waals surface area contributed by atoms with Gasteiger partial charge in [0.15, 0.2) is 0 Å². The number of nitrogens with one attached hydrogen (secondary N) is 1. The number of fused-ring (bicyclic) bond motifs is 1. The third-order valence-corrected chi connectivity index (χ3v) is 3.28. The van der Waals surface area contributed by atoms with Crippen LogP contribution in [-0.2, 0) is 6.42 Å². The quantitative estimate of drug-likeness (QED) is 0.471. The van der Waals surface area contributed by atoms with Crippen LogP contribution in [0.5, 0.6) is 0 Å². The van der Waals surface area contributed by atoms with E-state index in [1.54, 1.807) is 12.1 Å². The van der Waals surface area contributed by atoms with Gasteiger partial charge in [-0.15, -0.1) is 0 Å². The van der Waals surface area contributed by atoms with Crippen molar-refractivity contribution in [3.05, 3.63) is 40.1 Å². The van der Waals surface area contributed by atoms with Crippen LogP contribution in [-0.4, -0.2) is 9.91 Å². The Labute approximate surface area is 106 Å². The highest BCUT2D eigenvalue weighted by Gasteiger charge is 2.14. The highest BCUT2D eigenvalue weighted by Crippen LogP contribution is 2.27. The minimum absolute atomic E-state index is 0.160. The third kappa shape index (κ3) is 2.53. The second-order valence-electron chi connectivity index (χ2n) is 4.58. The number of unbranched alkanes of at least 4 members (excludes halogenated alkanes) is 3. The number of aromatic nitrogens is 1. The number of para-hydroxylation sites is 1. The number of non-ortho nitro benzene ring substituents is 1. The predicted octanol–water partition coefficient (Wildman–Crippen LogP) is 4.20. The minimum Gasteiger partial charge on any atom is -0.355 e. The molecule has 1 aromatic carbocycles. The first-order valence-corrected chi connectivity index (χ1v) is 6.47. The van der Waals surface area contributed by atoms with Gasteiger partial charge in [0.25, 0.3) is 5.69 Å². The first kappa shape index (κ1) is 12.6. The molecule has 0 aliphatic carbocycles. The van der Waals surface area contributed by atoms with Gasteiger partial charge >= 0.3 is 0 Å². The first-order chi connectivity index (χ1) is 8.74. The SMILES string of the molecule is CCCCCCc1c[nH]c2c([N+](=O)[O-])cccc12. The summed E-state index contributed by atoms with van der Waals surface area (Å²) in [7, 11) is 0. The van der Waals surface area contributed by atoms with E-state index in [4.69, 9.17) is 0 Å². The largest absolute Gasteiger partial charge is 0.355 e. The zero-order chi connectivity index (χ0) is 13.0. The molecule has 2 aromatic rings. The molecule has 2 rings (SSSR count). The molecule has 18 heavy (non-hydrogen) atoms. The van der Waals surface area contributed by atoms with Crippen molar-refractivity contribution in [2.24, 2.45) is 0 Å². The number of hydrogen-bond donors (Lipinski definition) is 1. The van der Waals surface area contributed by atoms with Crippen LogP contribution in [0, 0.1) is 10.1 Å². The average molecular weight is 246 g/mol. The molecule has 0 amide bonds. The van der Waals surface area contributed by atoms with Gasteiger partial charge in [0, 0.05) is 17.6 Å². The molecule has 0 bridgehead atoms. The molecule has 0 radical (unpaired) electrons. The number of hydrogen-bond acceptors (Lipinski definition) is 2. The van der Waals surface area contributed by atoms with Gasteiger partial charge in [0.05, 0.1) is 4.92 Å². The second kappa shape index (κ2) is 5.67. The molecule has 0 aliphatic heterocycles. The first-order valence-electron chi connectivity index (χ1n) is 6.47. The van der Waals surface area contributed by atoms with Gasteiger partial charge in [-0.25, -0.2) is 0 Å². The summed E-state index contributed by atoms with van der Waals surface area (Å²) in [5.41, 5.74) is 1.99. The molecular weight excluding hydrogens is 228 g/mol. The lowest BCUT2D eigenvalue weighted by Crippen LogP contribution is -1.89. The molecule has 1 N–H and O–H groups in total. The maximum absolute atomic E-state index is 10.9. The minimum atomic E-state index is -0.334. The van der Waals surface area contributed by atoms with E-state index in [2.05, 4.69) is 11.9 Å². The maximum Gasteiger partial charge on any atom is 0.293 e. The normalized spacial score (nSPS) is 10.9. The molecule has 1 heterocycles. The Bertz CT molecular complexity index is 546. The zero-order valence-corrected chi connectivity index (χ0v) is 10.6. The van der Waals surface area contributed by atoms with Crippen LogP contribution in [0.4, 0.5) is 5.69 Å². The number of rotatable bonds is 6. The van der Waals surface area contributed by atoms with Crippen molar-refractivity contribution < 1.29 is 4.92 Å². The lowest BCUT2D eigenvalue weighted by atomic mass is 10.1. The number of benzene rings is 1. The van der Waals surface area contributed by atoms with E-state index in [1.165, 1.54) is 24.8 Å². The highest BCUT2D eigenvalue weighted by atomic mass is 16.6. The Balaban J connectivity index is 2.20. The fraction of sp³-hybridized carbons (Fsp3) is 0.429. The summed E-state index contributed by atoms with van der Waals surface area (Å²) < 4.78 is 0. The number of nitro benzene ring substituents is 1. The molecule has 4 nitrogen and oxygen atoms in total. The fourth-order valence-electron chi connectivity index (χ4n) is 2.30. The summed E-state index contributed by atoms with van der Waals surface area (Å²) in [6.45, 7) is 2.19. The molecular formula is C14H18N2O2. The van der Waals surface area contributed by atoms with Crippen LogP contribution in [0.25, 0.3) is 10.9 Å². The Hall–Kier alpha value is -1.84. The van der Waals surface area contributed by atoms with Gasteiger partial charge in [-0.1, -0.05) is 38.3 Å². The molecule has 0 saturated carbocycles. The number of nitro groups is 1. The lowest BCUT2D eigenvalue weighted by molar-refractivity contribution is -0.383. The number of H-pyrrole nitrogens is 1. The molecule has 0 atom stereocenters.